The van der Waals surface area contributed by atoms with E-state index in [0.29, 0.717) is 0 Å². The molecule has 3 rings (SSSR count). The van der Waals surface area contributed by atoms with Crippen LogP contribution in [0, 0.1) is 5.82 Å². The van der Waals surface area contributed by atoms with Crippen LogP contribution in [0.15, 0.2) is 23.4 Å². The normalized spacial score (nSPS) is 12.4. The number of benzene rings is 1. The predicted molar refractivity (Wildman–Crippen MR) is 71.6 cm³/mol. The van der Waals surface area contributed by atoms with E-state index >= 15 is 0 Å². The van der Waals surface area contributed by atoms with Gasteiger partial charge in [-0.05, 0) is 0 Å². The third kappa shape index (κ3) is 2.65. The summed E-state index contributed by atoms with van der Waals surface area (Å²) in [4.78, 5) is 3.34. The van der Waals surface area contributed by atoms with Crippen LogP contribution in [-0.2, 0) is 9.05 Å². The summed E-state index contributed by atoms with van der Waals surface area (Å²) in [6.07, 6.45) is -1.56. The van der Waals surface area contributed by atoms with Crippen LogP contribution >= 0.6 is 10.7 Å². The maximum absolute atomic E-state index is 13.9. The molecule has 0 aliphatic heterocycles. The van der Waals surface area contributed by atoms with Crippen LogP contribution in [-0.4, -0.2) is 42.7 Å². The number of imidazole rings is 1. The Morgan fingerprint density at radius 1 is 1.27 bits per heavy atom. The first-order chi connectivity index (χ1) is 10.3. The minimum atomic E-state index is -4.15. The molecule has 1 aromatic carbocycles. The van der Waals surface area contributed by atoms with Gasteiger partial charge in [0.15, 0.2) is 0 Å². The van der Waals surface area contributed by atoms with E-state index in [4.69, 9.17) is 10.7 Å². The summed E-state index contributed by atoms with van der Waals surface area (Å²) in [5.74, 6) is -0.892. The Hall–Kier alpha value is -1.42. The summed E-state index contributed by atoms with van der Waals surface area (Å²) < 4.78 is 62.8. The van der Waals surface area contributed by atoms with E-state index in [1.165, 1.54) is 10.9 Å². The standard InChI is InChI=1S/C10H4ClF3N4O2SSe/c11-21(19,20)4-1-5(12)7-6(2-4)18(3-15-7)10-17-16-9(22-10)8(13)14/h1-3,8H. The van der Waals surface area contributed by atoms with Gasteiger partial charge in [0.1, 0.15) is 0 Å². The molecule has 6 nitrogen and oxygen atoms in total. The van der Waals surface area contributed by atoms with Gasteiger partial charge in [0.05, 0.1) is 0 Å². The van der Waals surface area contributed by atoms with Crippen LogP contribution in [0.3, 0.4) is 0 Å². The van der Waals surface area contributed by atoms with Crippen molar-refractivity contribution in [2.24, 2.45) is 0 Å². The number of fused-ring (bicyclic) bond motifs is 1. The topological polar surface area (TPSA) is 77.7 Å². The number of nitrogens with zero attached hydrogens (tertiary/aromatic N) is 4. The van der Waals surface area contributed by atoms with Crippen molar-refractivity contribution >= 4 is 45.3 Å². The quantitative estimate of drug-likeness (QED) is 0.482. The Labute approximate surface area is 131 Å². The Balaban J connectivity index is 2.24. The number of alkyl halides is 2. The number of hydrogen-bond donors (Lipinski definition) is 0. The van der Waals surface area contributed by atoms with Crippen LogP contribution in [0.1, 0.15) is 11.0 Å². The van der Waals surface area contributed by atoms with E-state index in [9.17, 15) is 21.6 Å². The maximum atomic E-state index is 13.9. The summed E-state index contributed by atoms with van der Waals surface area (Å²) >= 11 is -0.867. The van der Waals surface area contributed by atoms with Crippen LogP contribution in [0.5, 0.6) is 0 Å². The van der Waals surface area contributed by atoms with Gasteiger partial charge >= 0.3 is 131 Å². The Morgan fingerprint density at radius 2 is 2.00 bits per heavy atom. The van der Waals surface area contributed by atoms with Gasteiger partial charge in [0, 0.05) is 0 Å². The average Bonchev–Trinajstić information content (AvgIpc) is 3.03. The van der Waals surface area contributed by atoms with E-state index in [-0.39, 0.29) is 20.3 Å². The summed E-state index contributed by atoms with van der Waals surface area (Å²) in [6, 6.07) is 1.84. The fourth-order valence-electron chi connectivity index (χ4n) is 1.75. The summed E-state index contributed by atoms with van der Waals surface area (Å²) in [5.41, 5.74) is -0.0568. The van der Waals surface area contributed by atoms with Gasteiger partial charge in [-0.1, -0.05) is 0 Å². The van der Waals surface area contributed by atoms with Crippen molar-refractivity contribution < 1.29 is 21.6 Å². The van der Waals surface area contributed by atoms with Crippen molar-refractivity contribution in [2.75, 3.05) is 0 Å². The summed E-state index contributed by atoms with van der Waals surface area (Å²) in [7, 11) is 1.05. The Kier molecular flexibility index (Phi) is 3.76. The minimum absolute atomic E-state index is 0.0607. The van der Waals surface area contributed by atoms with Crippen LogP contribution < -0.4 is 0 Å². The first kappa shape index (κ1) is 15.5. The zero-order valence-corrected chi connectivity index (χ0v) is 13.5. The Morgan fingerprint density at radius 3 is 2.59 bits per heavy atom. The monoisotopic (exact) mass is 416 g/mol. The van der Waals surface area contributed by atoms with Crippen molar-refractivity contribution in [2.45, 2.75) is 11.3 Å². The molecular weight excluding hydrogens is 412 g/mol. The van der Waals surface area contributed by atoms with E-state index in [1.54, 1.807) is 0 Å². The molecule has 12 heteroatoms. The summed E-state index contributed by atoms with van der Waals surface area (Å²) in [6.45, 7) is 0. The molecule has 0 bridgehead atoms. The van der Waals surface area contributed by atoms with Crippen molar-refractivity contribution in [3.8, 4) is 4.69 Å². The van der Waals surface area contributed by atoms with Crippen molar-refractivity contribution in [1.82, 2.24) is 19.7 Å². The zero-order chi connectivity index (χ0) is 16.1. The second-order valence-corrected chi connectivity index (χ2v) is 8.69. The van der Waals surface area contributed by atoms with Crippen LogP contribution in [0.2, 0.25) is 0 Å². The molecule has 3 aromatic rings. The van der Waals surface area contributed by atoms with Crippen molar-refractivity contribution in [3.63, 3.8) is 0 Å². The van der Waals surface area contributed by atoms with E-state index in [0.717, 1.165) is 12.1 Å². The fraction of sp³-hybridized carbons (Fsp3) is 0.100. The van der Waals surface area contributed by atoms with E-state index in [2.05, 4.69) is 15.2 Å². The predicted octanol–water partition coefficient (Wildman–Crippen LogP) is 1.88. The van der Waals surface area contributed by atoms with Gasteiger partial charge in [-0.25, -0.2) is 0 Å². The molecular formula is C10H4ClF3N4O2SSe. The molecule has 0 aliphatic rings. The van der Waals surface area contributed by atoms with E-state index < -0.39 is 40.7 Å². The average molecular weight is 416 g/mol. The first-order valence-corrected chi connectivity index (χ1v) is 9.53. The third-order valence-electron chi connectivity index (χ3n) is 2.68. The number of hydrogen-bond acceptors (Lipinski definition) is 5. The molecule has 0 saturated carbocycles. The van der Waals surface area contributed by atoms with Gasteiger partial charge in [0.2, 0.25) is 0 Å². The molecule has 0 saturated heterocycles. The van der Waals surface area contributed by atoms with E-state index in [1.807, 2.05) is 0 Å². The van der Waals surface area contributed by atoms with Gasteiger partial charge in [-0.2, -0.15) is 0 Å². The second-order valence-electron chi connectivity index (χ2n) is 4.05. The molecule has 0 spiro atoms. The fourth-order valence-corrected chi connectivity index (χ4v) is 3.95. The molecule has 0 N–H and O–H groups in total. The van der Waals surface area contributed by atoms with Gasteiger partial charge in [-0.3, -0.25) is 0 Å². The first-order valence-electron chi connectivity index (χ1n) is 5.50. The summed E-state index contributed by atoms with van der Waals surface area (Å²) in [5, 5.41) is 6.99. The second kappa shape index (κ2) is 5.34. The van der Waals surface area contributed by atoms with Crippen molar-refractivity contribution in [1.29, 1.82) is 0 Å². The Bertz CT molecular complexity index is 972. The molecule has 116 valence electrons. The molecule has 0 amide bonds. The molecule has 22 heavy (non-hydrogen) atoms. The number of aromatic nitrogens is 4. The van der Waals surface area contributed by atoms with Crippen LogP contribution in [0.25, 0.3) is 15.7 Å². The molecule has 0 fully saturated rings. The van der Waals surface area contributed by atoms with Gasteiger partial charge in [-0.15, -0.1) is 0 Å². The van der Waals surface area contributed by atoms with Crippen LogP contribution in [0.4, 0.5) is 13.2 Å². The third-order valence-corrected chi connectivity index (χ3v) is 5.97. The molecule has 0 atom stereocenters. The molecule has 2 heterocycles. The zero-order valence-electron chi connectivity index (χ0n) is 10.2. The number of halogens is 4. The molecule has 0 radical (unpaired) electrons. The van der Waals surface area contributed by atoms with Gasteiger partial charge in [0.25, 0.3) is 0 Å². The van der Waals surface area contributed by atoms with Gasteiger partial charge < -0.3 is 0 Å². The molecule has 0 unspecified atom stereocenters. The molecule has 2 aromatic heterocycles. The SMILES string of the molecule is O=S(=O)(Cl)c1cc(F)c2ncn(-c3nnc(C(F)F)[se]3)c2c1. The van der Waals surface area contributed by atoms with Crippen molar-refractivity contribution in [3.05, 3.63) is 28.8 Å². The number of rotatable bonds is 3. The molecule has 0 aliphatic carbocycles.